The first-order chi connectivity index (χ1) is 13.9. The third-order valence-electron chi connectivity index (χ3n) is 4.55. The molecule has 3 aromatic rings. The highest BCUT2D eigenvalue weighted by molar-refractivity contribution is 5.64. The lowest BCUT2D eigenvalue weighted by molar-refractivity contribution is -0.385. The molecular weight excluding hydrogens is 382 g/mol. The van der Waals surface area contributed by atoms with Crippen molar-refractivity contribution in [3.63, 3.8) is 0 Å². The standard InChI is InChI=1S/C18H15N5O6/c1-21-15(11-3-2-4-13(5-11)22(24)25)9-20-18(21)19-8-12-6-16-17(29-10-28-16)7-14(12)23(26)27/h2-7,9H,8,10H2,1H3,(H,19,20). The Kier molecular flexibility index (Phi) is 4.47. The molecule has 11 heteroatoms. The minimum Gasteiger partial charge on any atom is -0.454 e. The maximum atomic E-state index is 11.4. The fraction of sp³-hybridized carbons (Fsp3) is 0.167. The number of aromatic nitrogens is 2. The molecule has 1 aliphatic rings. The van der Waals surface area contributed by atoms with Crippen LogP contribution in [0, 0.1) is 20.2 Å². The highest BCUT2D eigenvalue weighted by Gasteiger charge is 2.23. The van der Waals surface area contributed by atoms with Gasteiger partial charge in [-0.05, 0) is 6.07 Å². The van der Waals surface area contributed by atoms with E-state index in [1.54, 1.807) is 36.0 Å². The summed E-state index contributed by atoms with van der Waals surface area (Å²) in [5.41, 5.74) is 1.61. The highest BCUT2D eigenvalue weighted by Crippen LogP contribution is 2.38. The van der Waals surface area contributed by atoms with E-state index in [-0.39, 0.29) is 24.7 Å². The molecule has 2 heterocycles. The molecule has 0 amide bonds. The van der Waals surface area contributed by atoms with Gasteiger partial charge >= 0.3 is 0 Å². The first-order valence-corrected chi connectivity index (χ1v) is 8.51. The van der Waals surface area contributed by atoms with Gasteiger partial charge in [0.05, 0.1) is 33.4 Å². The molecule has 0 fully saturated rings. The van der Waals surface area contributed by atoms with Gasteiger partial charge in [-0.3, -0.25) is 20.2 Å². The van der Waals surface area contributed by atoms with Crippen LogP contribution in [-0.2, 0) is 13.6 Å². The molecule has 0 aliphatic carbocycles. The Morgan fingerprint density at radius 2 is 1.90 bits per heavy atom. The molecule has 0 saturated heterocycles. The van der Waals surface area contributed by atoms with E-state index in [1.807, 2.05) is 0 Å². The average Bonchev–Trinajstić information content (AvgIpc) is 3.31. The Balaban J connectivity index is 1.59. The van der Waals surface area contributed by atoms with Crippen molar-refractivity contribution in [2.45, 2.75) is 6.54 Å². The smallest absolute Gasteiger partial charge is 0.278 e. The van der Waals surface area contributed by atoms with Crippen LogP contribution in [0.4, 0.5) is 17.3 Å². The van der Waals surface area contributed by atoms with Crippen LogP contribution < -0.4 is 14.8 Å². The summed E-state index contributed by atoms with van der Waals surface area (Å²) >= 11 is 0. The van der Waals surface area contributed by atoms with Gasteiger partial charge in [0.1, 0.15) is 0 Å². The molecule has 11 nitrogen and oxygen atoms in total. The molecule has 1 aliphatic heterocycles. The van der Waals surface area contributed by atoms with Crippen molar-refractivity contribution in [3.8, 4) is 22.8 Å². The van der Waals surface area contributed by atoms with Crippen LogP contribution in [0.5, 0.6) is 11.5 Å². The van der Waals surface area contributed by atoms with Crippen LogP contribution in [0.3, 0.4) is 0 Å². The predicted octanol–water partition coefficient (Wildman–Crippen LogP) is 3.24. The van der Waals surface area contributed by atoms with Gasteiger partial charge in [0, 0.05) is 31.3 Å². The number of benzene rings is 2. The van der Waals surface area contributed by atoms with Crippen molar-refractivity contribution in [1.82, 2.24) is 9.55 Å². The number of anilines is 1. The number of hydrogen-bond donors (Lipinski definition) is 1. The second-order valence-corrected chi connectivity index (χ2v) is 6.28. The Bertz CT molecular complexity index is 1130. The molecular formula is C18H15N5O6. The van der Waals surface area contributed by atoms with Gasteiger partial charge in [-0.1, -0.05) is 12.1 Å². The van der Waals surface area contributed by atoms with E-state index in [0.29, 0.717) is 34.3 Å². The number of nitro groups is 2. The molecule has 0 atom stereocenters. The number of ether oxygens (including phenoxy) is 2. The van der Waals surface area contributed by atoms with E-state index >= 15 is 0 Å². The SMILES string of the molecule is Cn1c(-c2cccc([N+](=O)[O-])c2)cnc1NCc1cc2c(cc1[N+](=O)[O-])OCO2. The molecule has 0 radical (unpaired) electrons. The summed E-state index contributed by atoms with van der Waals surface area (Å²) in [6, 6.07) is 9.13. The largest absolute Gasteiger partial charge is 0.454 e. The number of hydrogen-bond acceptors (Lipinski definition) is 8. The zero-order chi connectivity index (χ0) is 20.5. The summed E-state index contributed by atoms with van der Waals surface area (Å²) in [5, 5.41) is 25.4. The van der Waals surface area contributed by atoms with Crippen molar-refractivity contribution in [3.05, 3.63) is 68.4 Å². The predicted molar refractivity (Wildman–Crippen MR) is 102 cm³/mol. The summed E-state index contributed by atoms with van der Waals surface area (Å²) in [4.78, 5) is 25.7. The Hall–Kier alpha value is -4.15. The molecule has 29 heavy (non-hydrogen) atoms. The molecule has 1 N–H and O–H groups in total. The highest BCUT2D eigenvalue weighted by atomic mass is 16.7. The van der Waals surface area contributed by atoms with E-state index in [4.69, 9.17) is 9.47 Å². The maximum absolute atomic E-state index is 11.4. The monoisotopic (exact) mass is 397 g/mol. The zero-order valence-electron chi connectivity index (χ0n) is 15.2. The van der Waals surface area contributed by atoms with Crippen molar-refractivity contribution in [2.24, 2.45) is 7.05 Å². The fourth-order valence-corrected chi connectivity index (χ4v) is 3.08. The zero-order valence-corrected chi connectivity index (χ0v) is 15.2. The molecule has 0 saturated carbocycles. The number of non-ortho nitro benzene ring substituents is 1. The average molecular weight is 397 g/mol. The minimum absolute atomic E-state index is 0.0193. The van der Waals surface area contributed by atoms with E-state index < -0.39 is 9.85 Å². The number of imidazole rings is 1. The van der Waals surface area contributed by atoms with Gasteiger partial charge in [-0.2, -0.15) is 0 Å². The van der Waals surface area contributed by atoms with E-state index in [1.165, 1.54) is 18.2 Å². The first kappa shape index (κ1) is 18.2. The maximum Gasteiger partial charge on any atom is 0.278 e. The molecule has 0 unspecified atom stereocenters. The lowest BCUT2D eigenvalue weighted by Crippen LogP contribution is -2.07. The lowest BCUT2D eigenvalue weighted by atomic mass is 10.1. The summed E-state index contributed by atoms with van der Waals surface area (Å²) < 4.78 is 12.2. The van der Waals surface area contributed by atoms with Crippen LogP contribution in [0.1, 0.15) is 5.56 Å². The number of nitro benzene ring substituents is 2. The summed E-state index contributed by atoms with van der Waals surface area (Å²) in [6.45, 7) is 0.154. The van der Waals surface area contributed by atoms with Gasteiger partial charge in [0.25, 0.3) is 11.4 Å². The van der Waals surface area contributed by atoms with Crippen LogP contribution in [-0.4, -0.2) is 26.2 Å². The van der Waals surface area contributed by atoms with Crippen LogP contribution in [0.15, 0.2) is 42.6 Å². The Morgan fingerprint density at radius 1 is 1.14 bits per heavy atom. The van der Waals surface area contributed by atoms with Crippen LogP contribution in [0.25, 0.3) is 11.3 Å². The lowest BCUT2D eigenvalue weighted by Gasteiger charge is -2.09. The first-order valence-electron chi connectivity index (χ1n) is 8.51. The topological polar surface area (TPSA) is 135 Å². The molecule has 0 bridgehead atoms. The van der Waals surface area contributed by atoms with Gasteiger partial charge in [-0.25, -0.2) is 4.98 Å². The number of fused-ring (bicyclic) bond motifs is 1. The van der Waals surface area contributed by atoms with Crippen LogP contribution in [0.2, 0.25) is 0 Å². The summed E-state index contributed by atoms with van der Waals surface area (Å²) in [6.07, 6.45) is 1.58. The fourth-order valence-electron chi connectivity index (χ4n) is 3.08. The number of rotatable bonds is 6. The van der Waals surface area contributed by atoms with Crippen molar-refractivity contribution < 1.29 is 19.3 Å². The van der Waals surface area contributed by atoms with E-state index in [0.717, 1.165) is 0 Å². The summed E-state index contributed by atoms with van der Waals surface area (Å²) in [5.74, 6) is 1.24. The third-order valence-corrected chi connectivity index (χ3v) is 4.55. The van der Waals surface area contributed by atoms with Crippen molar-refractivity contribution in [1.29, 1.82) is 0 Å². The summed E-state index contributed by atoms with van der Waals surface area (Å²) in [7, 11) is 1.75. The number of nitrogens with zero attached hydrogens (tertiary/aromatic N) is 4. The quantitative estimate of drug-likeness (QED) is 0.495. The molecule has 2 aromatic carbocycles. The van der Waals surface area contributed by atoms with E-state index in [2.05, 4.69) is 10.3 Å². The van der Waals surface area contributed by atoms with Gasteiger partial charge in [-0.15, -0.1) is 0 Å². The second kappa shape index (κ2) is 7.11. The Morgan fingerprint density at radius 3 is 2.62 bits per heavy atom. The van der Waals surface area contributed by atoms with Crippen molar-refractivity contribution in [2.75, 3.05) is 12.1 Å². The van der Waals surface area contributed by atoms with Crippen molar-refractivity contribution >= 4 is 17.3 Å². The molecule has 4 rings (SSSR count). The molecule has 0 spiro atoms. The molecule has 1 aromatic heterocycles. The van der Waals surface area contributed by atoms with Gasteiger partial charge < -0.3 is 19.4 Å². The van der Waals surface area contributed by atoms with E-state index in [9.17, 15) is 20.2 Å². The Labute approximate surface area is 163 Å². The van der Waals surface area contributed by atoms with Crippen LogP contribution >= 0.6 is 0 Å². The minimum atomic E-state index is -0.480. The number of nitrogens with one attached hydrogen (secondary N) is 1. The van der Waals surface area contributed by atoms with Gasteiger partial charge in [0.2, 0.25) is 12.7 Å². The normalized spacial score (nSPS) is 12.0. The van der Waals surface area contributed by atoms with Gasteiger partial charge in [0.15, 0.2) is 11.5 Å². The molecule has 148 valence electrons. The second-order valence-electron chi connectivity index (χ2n) is 6.28. The third kappa shape index (κ3) is 3.40.